The van der Waals surface area contributed by atoms with Crippen molar-refractivity contribution < 1.29 is 14.3 Å². The van der Waals surface area contributed by atoms with E-state index in [-0.39, 0.29) is 16.7 Å². The quantitative estimate of drug-likeness (QED) is 0.305. The van der Waals surface area contributed by atoms with Crippen molar-refractivity contribution in [2.75, 3.05) is 0 Å². The lowest BCUT2D eigenvalue weighted by Gasteiger charge is -2.32. The summed E-state index contributed by atoms with van der Waals surface area (Å²) < 4.78 is 11.0. The van der Waals surface area contributed by atoms with Gasteiger partial charge in [-0.15, -0.1) is 0 Å². The molecule has 2 aromatic rings. The number of benzene rings is 2. The van der Waals surface area contributed by atoms with Crippen LogP contribution >= 0.6 is 0 Å². The van der Waals surface area contributed by atoms with Crippen LogP contribution in [0.5, 0.6) is 11.5 Å². The van der Waals surface area contributed by atoms with Crippen molar-refractivity contribution in [1.82, 2.24) is 0 Å². The average Bonchev–Trinajstić information content (AvgIpc) is 2.71. The first-order valence-corrected chi connectivity index (χ1v) is 9.64. The van der Waals surface area contributed by atoms with E-state index in [1.807, 2.05) is 18.2 Å². The van der Waals surface area contributed by atoms with E-state index in [1.54, 1.807) is 36.4 Å². The van der Waals surface area contributed by atoms with E-state index in [9.17, 15) is 15.3 Å². The zero-order chi connectivity index (χ0) is 21.7. The number of aryl methyl sites for hydroxylation is 1. The third-order valence-electron chi connectivity index (χ3n) is 4.76. The highest BCUT2D eigenvalue weighted by atomic mass is 16.5. The lowest BCUT2D eigenvalue weighted by atomic mass is 9.93. The van der Waals surface area contributed by atoms with Crippen LogP contribution in [0.15, 0.2) is 53.6 Å². The molecule has 0 aromatic heterocycles. The van der Waals surface area contributed by atoms with Gasteiger partial charge in [-0.3, -0.25) is 4.79 Å². The van der Waals surface area contributed by atoms with Crippen molar-refractivity contribution in [2.24, 2.45) is 0 Å². The molecule has 0 radical (unpaired) electrons. The van der Waals surface area contributed by atoms with Gasteiger partial charge in [0.2, 0.25) is 0 Å². The van der Waals surface area contributed by atoms with Gasteiger partial charge < -0.3 is 9.47 Å². The van der Waals surface area contributed by atoms with Crippen LogP contribution in [0.1, 0.15) is 43.9 Å². The Bertz CT molecular complexity index is 1110. The first kappa shape index (κ1) is 20.9. The zero-order valence-corrected chi connectivity index (χ0v) is 17.2. The van der Waals surface area contributed by atoms with Crippen LogP contribution in [-0.2, 0) is 11.2 Å². The Balaban J connectivity index is 1.87. The minimum absolute atomic E-state index is 0.177. The molecule has 0 unspecified atom stereocenters. The molecule has 0 saturated carbocycles. The third kappa shape index (κ3) is 5.16. The smallest absolute Gasteiger partial charge is 0.308 e. The van der Waals surface area contributed by atoms with Gasteiger partial charge in [0.15, 0.2) is 0 Å². The molecule has 2 aromatic carbocycles. The maximum Gasteiger partial charge on any atom is 0.308 e. The number of carbonyl (C=O) groups excluding carboxylic acids is 1. The summed E-state index contributed by atoms with van der Waals surface area (Å²) in [6, 6.07) is 16.8. The van der Waals surface area contributed by atoms with E-state index in [4.69, 9.17) is 9.47 Å². The van der Waals surface area contributed by atoms with Crippen molar-refractivity contribution in [3.63, 3.8) is 0 Å². The molecule has 0 fully saturated rings. The average molecular weight is 398 g/mol. The number of carbonyl (C=O) groups is 1. The molecule has 1 heterocycles. The first-order chi connectivity index (χ1) is 14.3. The summed E-state index contributed by atoms with van der Waals surface area (Å²) in [4.78, 5) is 11.0. The van der Waals surface area contributed by atoms with E-state index >= 15 is 0 Å². The predicted molar refractivity (Wildman–Crippen MR) is 114 cm³/mol. The second-order valence-electron chi connectivity index (χ2n) is 7.73. The summed E-state index contributed by atoms with van der Waals surface area (Å²) in [5.41, 5.74) is 3.03. The molecule has 5 heteroatoms. The Labute approximate surface area is 176 Å². The van der Waals surface area contributed by atoms with Crippen molar-refractivity contribution in [3.8, 4) is 23.6 Å². The van der Waals surface area contributed by atoms with Gasteiger partial charge in [-0.2, -0.15) is 10.5 Å². The molecule has 0 bridgehead atoms. The summed E-state index contributed by atoms with van der Waals surface area (Å²) in [5, 5.41) is 19.2. The van der Waals surface area contributed by atoms with Gasteiger partial charge >= 0.3 is 5.97 Å². The van der Waals surface area contributed by atoms with Gasteiger partial charge in [0, 0.05) is 6.92 Å². The van der Waals surface area contributed by atoms with Gasteiger partial charge in [-0.05, 0) is 79.8 Å². The number of nitrogens with zero attached hydrogens (tertiary/aromatic N) is 2. The number of hydrogen-bond acceptors (Lipinski definition) is 5. The van der Waals surface area contributed by atoms with E-state index in [0.29, 0.717) is 5.75 Å². The number of rotatable bonds is 4. The van der Waals surface area contributed by atoms with Crippen molar-refractivity contribution >= 4 is 18.1 Å². The number of fused-ring (bicyclic) bond motifs is 1. The summed E-state index contributed by atoms with van der Waals surface area (Å²) in [6.45, 7) is 5.47. The lowest BCUT2D eigenvalue weighted by Crippen LogP contribution is -2.32. The molecule has 0 N–H and O–H groups in total. The second kappa shape index (κ2) is 8.68. The van der Waals surface area contributed by atoms with Crippen LogP contribution in [0.2, 0.25) is 0 Å². The predicted octanol–water partition coefficient (Wildman–Crippen LogP) is 5.23. The molecule has 150 valence electrons. The largest absolute Gasteiger partial charge is 0.488 e. The molecule has 0 amide bonds. The molecular weight excluding hydrogens is 376 g/mol. The fraction of sp³-hybridized carbons (Fsp3) is 0.240. The number of esters is 1. The standard InChI is InChI=1S/C25H22N2O3/c1-17(28)29-23-7-4-18(5-8-23)12-21(15-26)22(16-27)14-19-6-9-24-20(13-19)10-11-25(2,3)30-24/h4-9,12-14H,10-11H2,1-3H3. The number of ether oxygens (including phenoxy) is 2. The first-order valence-electron chi connectivity index (χ1n) is 9.64. The Morgan fingerprint density at radius 1 is 1.03 bits per heavy atom. The van der Waals surface area contributed by atoms with E-state index < -0.39 is 5.97 Å². The van der Waals surface area contributed by atoms with E-state index in [1.165, 1.54) is 6.92 Å². The maximum absolute atomic E-state index is 11.0. The van der Waals surface area contributed by atoms with Crippen molar-refractivity contribution in [2.45, 2.75) is 39.2 Å². The molecule has 3 rings (SSSR count). The highest BCUT2D eigenvalue weighted by Crippen LogP contribution is 2.34. The zero-order valence-electron chi connectivity index (χ0n) is 17.2. The second-order valence-corrected chi connectivity index (χ2v) is 7.73. The molecule has 0 spiro atoms. The maximum atomic E-state index is 11.0. The normalized spacial score (nSPS) is 15.2. The van der Waals surface area contributed by atoms with Crippen LogP contribution < -0.4 is 9.47 Å². The molecule has 1 aliphatic heterocycles. The monoisotopic (exact) mass is 398 g/mol. The molecule has 1 aliphatic rings. The van der Waals surface area contributed by atoms with Gasteiger partial charge in [-0.25, -0.2) is 0 Å². The minimum Gasteiger partial charge on any atom is -0.488 e. The summed E-state index contributed by atoms with van der Waals surface area (Å²) >= 11 is 0. The highest BCUT2D eigenvalue weighted by molar-refractivity contribution is 5.75. The summed E-state index contributed by atoms with van der Waals surface area (Å²) in [5.74, 6) is 0.893. The van der Waals surface area contributed by atoms with Crippen LogP contribution in [0.4, 0.5) is 0 Å². The van der Waals surface area contributed by atoms with E-state index in [2.05, 4.69) is 26.0 Å². The van der Waals surface area contributed by atoms with Gasteiger partial charge in [0.25, 0.3) is 0 Å². The van der Waals surface area contributed by atoms with Crippen molar-refractivity contribution in [1.29, 1.82) is 10.5 Å². The highest BCUT2D eigenvalue weighted by Gasteiger charge is 2.26. The molecule has 30 heavy (non-hydrogen) atoms. The van der Waals surface area contributed by atoms with Crippen molar-refractivity contribution in [3.05, 3.63) is 70.3 Å². The van der Waals surface area contributed by atoms with Gasteiger partial charge in [0.05, 0.1) is 11.1 Å². The molecule has 0 aliphatic carbocycles. The third-order valence-corrected chi connectivity index (χ3v) is 4.76. The fourth-order valence-electron chi connectivity index (χ4n) is 3.24. The Morgan fingerprint density at radius 2 is 1.63 bits per heavy atom. The molecule has 0 atom stereocenters. The molecule has 5 nitrogen and oxygen atoms in total. The minimum atomic E-state index is -0.398. The number of allylic oxidation sites excluding steroid dienone is 2. The summed E-state index contributed by atoms with van der Waals surface area (Å²) in [6.07, 6.45) is 5.17. The fourth-order valence-corrected chi connectivity index (χ4v) is 3.24. The Hall–Kier alpha value is -3.83. The molecule has 0 saturated heterocycles. The summed E-state index contributed by atoms with van der Waals surface area (Å²) in [7, 11) is 0. The number of hydrogen-bond donors (Lipinski definition) is 0. The van der Waals surface area contributed by atoms with Crippen LogP contribution in [0.25, 0.3) is 12.2 Å². The lowest BCUT2D eigenvalue weighted by molar-refractivity contribution is -0.131. The van der Waals surface area contributed by atoms with Crippen LogP contribution in [0.3, 0.4) is 0 Å². The Kier molecular flexibility index (Phi) is 6.04. The van der Waals surface area contributed by atoms with Crippen LogP contribution in [0, 0.1) is 22.7 Å². The SMILES string of the molecule is CC(=O)Oc1ccc(C=C(C#N)C(C#N)=Cc2ccc3c(c2)CCC(C)(C)O3)cc1. The van der Waals surface area contributed by atoms with Gasteiger partial charge in [0.1, 0.15) is 29.2 Å². The van der Waals surface area contributed by atoms with Gasteiger partial charge in [-0.1, -0.05) is 18.2 Å². The van der Waals surface area contributed by atoms with E-state index in [0.717, 1.165) is 35.3 Å². The Morgan fingerprint density at radius 3 is 2.23 bits per heavy atom. The van der Waals surface area contributed by atoms with Crippen LogP contribution in [-0.4, -0.2) is 11.6 Å². The topological polar surface area (TPSA) is 83.1 Å². The number of nitriles is 2. The molecular formula is C25H22N2O3.